The molecule has 7 heteroatoms. The number of aromatic hydroxyl groups is 1. The van der Waals surface area contributed by atoms with E-state index in [1.807, 2.05) is 18.2 Å². The summed E-state index contributed by atoms with van der Waals surface area (Å²) in [5.74, 6) is -0.325. The third-order valence-corrected chi connectivity index (χ3v) is 4.43. The number of nitrogens with zero attached hydrogens (tertiary/aromatic N) is 2. The summed E-state index contributed by atoms with van der Waals surface area (Å²) in [6.07, 6.45) is 0. The van der Waals surface area contributed by atoms with Crippen molar-refractivity contribution in [2.24, 2.45) is 0 Å². The predicted molar refractivity (Wildman–Crippen MR) is 98.6 cm³/mol. The van der Waals surface area contributed by atoms with Gasteiger partial charge in [-0.2, -0.15) is 5.10 Å². The zero-order valence-electron chi connectivity index (χ0n) is 13.3. The summed E-state index contributed by atoms with van der Waals surface area (Å²) in [4.78, 5) is 12.5. The maximum atomic E-state index is 12.5. The summed E-state index contributed by atoms with van der Waals surface area (Å²) < 4.78 is 1.54. The van der Waals surface area contributed by atoms with Crippen molar-refractivity contribution >= 4 is 34.8 Å². The first-order valence-corrected chi connectivity index (χ1v) is 8.28. The number of phenols is 1. The zero-order chi connectivity index (χ0) is 18.0. The normalized spacial score (nSPS) is 10.7. The van der Waals surface area contributed by atoms with E-state index in [9.17, 15) is 9.90 Å². The Morgan fingerprint density at radius 2 is 1.96 bits per heavy atom. The van der Waals surface area contributed by atoms with Crippen molar-refractivity contribution in [3.63, 3.8) is 0 Å². The van der Waals surface area contributed by atoms with Crippen molar-refractivity contribution in [2.45, 2.75) is 13.5 Å². The van der Waals surface area contributed by atoms with Gasteiger partial charge in [0.15, 0.2) is 0 Å². The van der Waals surface area contributed by atoms with Gasteiger partial charge in [0.2, 0.25) is 0 Å². The lowest BCUT2D eigenvalue weighted by molar-refractivity contribution is 0.102. The van der Waals surface area contributed by atoms with Crippen molar-refractivity contribution in [2.75, 3.05) is 5.32 Å². The largest absolute Gasteiger partial charge is 0.508 e. The molecule has 5 nitrogen and oxygen atoms in total. The molecule has 0 saturated heterocycles. The molecular weight excluding hydrogens is 361 g/mol. The number of carbonyl (C=O) groups excluding carboxylic acids is 1. The maximum Gasteiger partial charge on any atom is 0.260 e. The molecule has 0 saturated carbocycles. The van der Waals surface area contributed by atoms with Crippen molar-refractivity contribution in [3.8, 4) is 5.75 Å². The average Bonchev–Trinajstić information content (AvgIpc) is 2.83. The summed E-state index contributed by atoms with van der Waals surface area (Å²) in [6.45, 7) is 2.07. The first-order chi connectivity index (χ1) is 12.0. The second-order valence-electron chi connectivity index (χ2n) is 5.50. The number of anilines is 1. The molecule has 0 fully saturated rings. The molecule has 0 aliphatic heterocycles. The molecule has 2 N–H and O–H groups in total. The lowest BCUT2D eigenvalue weighted by Crippen LogP contribution is -2.13. The topological polar surface area (TPSA) is 67.2 Å². The van der Waals surface area contributed by atoms with Crippen LogP contribution in [0.25, 0.3) is 0 Å². The van der Waals surface area contributed by atoms with E-state index in [2.05, 4.69) is 10.4 Å². The highest BCUT2D eigenvalue weighted by Crippen LogP contribution is 2.25. The van der Waals surface area contributed by atoms with Gasteiger partial charge >= 0.3 is 0 Å². The molecule has 0 aliphatic carbocycles. The van der Waals surface area contributed by atoms with Crippen LogP contribution < -0.4 is 5.32 Å². The number of aryl methyl sites for hydroxylation is 1. The van der Waals surface area contributed by atoms with Crippen LogP contribution in [0.4, 0.5) is 5.69 Å². The van der Waals surface area contributed by atoms with Gasteiger partial charge in [0.05, 0.1) is 17.8 Å². The van der Waals surface area contributed by atoms with Crippen LogP contribution in [-0.2, 0) is 6.54 Å². The number of hydrogen-bond acceptors (Lipinski definition) is 3. The minimum Gasteiger partial charge on any atom is -0.508 e. The van der Waals surface area contributed by atoms with Crippen molar-refractivity contribution in [1.29, 1.82) is 0 Å². The van der Waals surface area contributed by atoms with Gasteiger partial charge in [-0.05, 0) is 30.7 Å². The molecule has 1 amide bonds. The fraction of sp³-hybridized carbons (Fsp3) is 0.111. The van der Waals surface area contributed by atoms with Crippen LogP contribution in [0.3, 0.4) is 0 Å². The second-order valence-corrected chi connectivity index (χ2v) is 6.27. The lowest BCUT2D eigenvalue weighted by atomic mass is 10.2. The molecular formula is C18H15Cl2N3O2. The summed E-state index contributed by atoms with van der Waals surface area (Å²) >= 11 is 12.5. The number of phenolic OH excluding ortho intramolecular Hbond substituents is 1. The highest BCUT2D eigenvalue weighted by Gasteiger charge is 2.21. The fourth-order valence-corrected chi connectivity index (χ4v) is 3.00. The predicted octanol–water partition coefficient (Wildman–Crippen LogP) is 4.50. The van der Waals surface area contributed by atoms with Crippen LogP contribution in [0, 0.1) is 6.92 Å². The fourth-order valence-electron chi connectivity index (χ4n) is 2.48. The number of halogens is 2. The lowest BCUT2D eigenvalue weighted by Gasteiger charge is -2.07. The minimum atomic E-state index is -0.390. The SMILES string of the molecule is Cc1nn(Cc2ccccc2Cl)c(Cl)c1C(=O)Nc1cccc(O)c1. The van der Waals surface area contributed by atoms with Crippen LogP contribution in [0.1, 0.15) is 21.6 Å². The molecule has 0 bridgehead atoms. The number of nitrogens with one attached hydrogen (secondary N) is 1. The van der Waals surface area contributed by atoms with Gasteiger partial charge in [-0.15, -0.1) is 0 Å². The van der Waals surface area contributed by atoms with Crippen molar-refractivity contribution in [1.82, 2.24) is 9.78 Å². The third kappa shape index (κ3) is 3.78. The van der Waals surface area contributed by atoms with E-state index < -0.39 is 5.91 Å². The van der Waals surface area contributed by atoms with E-state index in [0.29, 0.717) is 22.9 Å². The monoisotopic (exact) mass is 375 g/mol. The van der Waals surface area contributed by atoms with Gasteiger partial charge < -0.3 is 10.4 Å². The average molecular weight is 376 g/mol. The van der Waals surface area contributed by atoms with E-state index in [-0.39, 0.29) is 16.5 Å². The first-order valence-electron chi connectivity index (χ1n) is 7.52. The Kier molecular flexibility index (Phi) is 4.97. The van der Waals surface area contributed by atoms with Crippen LogP contribution in [0.5, 0.6) is 5.75 Å². The molecule has 0 unspecified atom stereocenters. The number of hydrogen-bond donors (Lipinski definition) is 2. The molecule has 2 aromatic carbocycles. The Hall–Kier alpha value is -2.50. The van der Waals surface area contributed by atoms with Crippen LogP contribution in [0.2, 0.25) is 10.2 Å². The van der Waals surface area contributed by atoms with E-state index in [1.165, 1.54) is 16.8 Å². The number of aromatic nitrogens is 2. The van der Waals surface area contributed by atoms with Gasteiger partial charge in [0, 0.05) is 16.8 Å². The number of amides is 1. The molecule has 3 rings (SSSR count). The standard InChI is InChI=1S/C18H15Cl2N3O2/c1-11-16(18(25)21-13-6-4-7-14(24)9-13)17(20)23(22-11)10-12-5-2-3-8-15(12)19/h2-9,24H,10H2,1H3,(H,21,25). The molecule has 0 spiro atoms. The summed E-state index contributed by atoms with van der Waals surface area (Å²) in [7, 11) is 0. The van der Waals surface area contributed by atoms with Gasteiger partial charge in [-0.3, -0.25) is 4.79 Å². The highest BCUT2D eigenvalue weighted by atomic mass is 35.5. The van der Waals surface area contributed by atoms with Crippen LogP contribution >= 0.6 is 23.2 Å². The van der Waals surface area contributed by atoms with Gasteiger partial charge in [-0.25, -0.2) is 4.68 Å². The van der Waals surface area contributed by atoms with E-state index in [1.54, 1.807) is 25.1 Å². The Labute approximate surface area is 154 Å². The van der Waals surface area contributed by atoms with Gasteiger partial charge in [0.1, 0.15) is 10.9 Å². The van der Waals surface area contributed by atoms with Crippen molar-refractivity contribution < 1.29 is 9.90 Å². The minimum absolute atomic E-state index is 0.0648. The molecule has 1 aromatic heterocycles. The Balaban J connectivity index is 1.86. The maximum absolute atomic E-state index is 12.5. The van der Waals surface area contributed by atoms with Gasteiger partial charge in [-0.1, -0.05) is 47.5 Å². The van der Waals surface area contributed by atoms with Crippen molar-refractivity contribution in [3.05, 3.63) is 75.5 Å². The Morgan fingerprint density at radius 3 is 2.68 bits per heavy atom. The quantitative estimate of drug-likeness (QED) is 0.704. The van der Waals surface area contributed by atoms with Crippen LogP contribution in [0.15, 0.2) is 48.5 Å². The molecule has 0 aliphatic rings. The third-order valence-electron chi connectivity index (χ3n) is 3.67. The Bertz CT molecular complexity index is 938. The van der Waals surface area contributed by atoms with Crippen LogP contribution in [-0.4, -0.2) is 20.8 Å². The highest BCUT2D eigenvalue weighted by molar-refractivity contribution is 6.34. The first kappa shape index (κ1) is 17.3. The van der Waals surface area contributed by atoms with E-state index in [4.69, 9.17) is 23.2 Å². The van der Waals surface area contributed by atoms with E-state index in [0.717, 1.165) is 5.56 Å². The molecule has 25 heavy (non-hydrogen) atoms. The number of carbonyl (C=O) groups is 1. The molecule has 128 valence electrons. The molecule has 3 aromatic rings. The van der Waals surface area contributed by atoms with Gasteiger partial charge in [0.25, 0.3) is 5.91 Å². The number of benzene rings is 2. The second kappa shape index (κ2) is 7.17. The van der Waals surface area contributed by atoms with E-state index >= 15 is 0 Å². The summed E-state index contributed by atoms with van der Waals surface area (Å²) in [5, 5.41) is 17.4. The Morgan fingerprint density at radius 1 is 1.20 bits per heavy atom. The number of rotatable bonds is 4. The zero-order valence-corrected chi connectivity index (χ0v) is 14.8. The summed E-state index contributed by atoms with van der Waals surface area (Å²) in [6, 6.07) is 13.7. The smallest absolute Gasteiger partial charge is 0.260 e. The molecule has 1 heterocycles. The molecule has 0 atom stereocenters. The summed E-state index contributed by atoms with van der Waals surface area (Å²) in [5.41, 5.74) is 2.12. The molecule has 0 radical (unpaired) electrons.